The lowest BCUT2D eigenvalue weighted by Crippen LogP contribution is -1.96. The molecule has 0 atom stereocenters. The highest BCUT2D eigenvalue weighted by molar-refractivity contribution is 5.52. The molecule has 4 nitrogen and oxygen atoms in total. The third kappa shape index (κ3) is 3.60. The summed E-state index contributed by atoms with van der Waals surface area (Å²) in [6.07, 6.45) is 1.69. The molecule has 0 aliphatic heterocycles. The van der Waals surface area contributed by atoms with Gasteiger partial charge in [-0.1, -0.05) is 12.1 Å². The summed E-state index contributed by atoms with van der Waals surface area (Å²) in [5.74, 6) is 1.74. The van der Waals surface area contributed by atoms with Crippen LogP contribution in [0.3, 0.4) is 0 Å². The Morgan fingerprint density at radius 2 is 1.43 bits per heavy atom. The lowest BCUT2D eigenvalue weighted by atomic mass is 10.0. The number of methoxy groups -OCH3 is 3. The van der Waals surface area contributed by atoms with Crippen LogP contribution < -0.4 is 14.2 Å². The summed E-state index contributed by atoms with van der Waals surface area (Å²) in [5.41, 5.74) is 2.24. The van der Waals surface area contributed by atoms with Crippen molar-refractivity contribution < 1.29 is 19.3 Å². The number of hydrogen-bond acceptors (Lipinski definition) is 4. The highest BCUT2D eigenvalue weighted by Gasteiger charge is 2.11. The van der Waals surface area contributed by atoms with Crippen molar-refractivity contribution in [3.8, 4) is 23.0 Å². The molecule has 2 aromatic rings. The van der Waals surface area contributed by atoms with Crippen molar-refractivity contribution in [3.63, 3.8) is 0 Å². The number of hydrogen-bond donors (Lipinski definition) is 1. The average Bonchev–Trinajstić information content (AvgIpc) is 2.54. The largest absolute Gasteiger partial charge is 0.502 e. The number of aromatic hydroxyl groups is 1. The molecule has 112 valence electrons. The maximum Gasteiger partial charge on any atom is 0.200 e. The van der Waals surface area contributed by atoms with Gasteiger partial charge in [-0.3, -0.25) is 0 Å². The minimum Gasteiger partial charge on any atom is -0.502 e. The first-order chi connectivity index (χ1) is 10.2. The molecule has 21 heavy (non-hydrogen) atoms. The molecule has 0 radical (unpaired) electrons. The monoisotopic (exact) mass is 288 g/mol. The first-order valence-electron chi connectivity index (χ1n) is 6.74. The molecule has 0 bridgehead atoms. The smallest absolute Gasteiger partial charge is 0.200 e. The quantitative estimate of drug-likeness (QED) is 0.886. The molecule has 2 aromatic carbocycles. The van der Waals surface area contributed by atoms with E-state index < -0.39 is 0 Å². The highest BCUT2D eigenvalue weighted by atomic mass is 16.5. The predicted octanol–water partition coefficient (Wildman–Crippen LogP) is 3.20. The average molecular weight is 288 g/mol. The number of phenols is 1. The predicted molar refractivity (Wildman–Crippen MR) is 81.6 cm³/mol. The number of benzene rings is 2. The van der Waals surface area contributed by atoms with Crippen LogP contribution in [0.25, 0.3) is 0 Å². The Morgan fingerprint density at radius 3 is 2.00 bits per heavy atom. The van der Waals surface area contributed by atoms with Crippen molar-refractivity contribution in [1.82, 2.24) is 0 Å². The number of rotatable bonds is 6. The van der Waals surface area contributed by atoms with Gasteiger partial charge in [-0.25, -0.2) is 0 Å². The van der Waals surface area contributed by atoms with E-state index >= 15 is 0 Å². The van der Waals surface area contributed by atoms with Gasteiger partial charge in [0.2, 0.25) is 5.75 Å². The summed E-state index contributed by atoms with van der Waals surface area (Å²) in [6.45, 7) is 0. The molecule has 0 fully saturated rings. The molecule has 0 spiro atoms. The van der Waals surface area contributed by atoms with E-state index in [0.29, 0.717) is 11.5 Å². The van der Waals surface area contributed by atoms with Gasteiger partial charge >= 0.3 is 0 Å². The van der Waals surface area contributed by atoms with Crippen LogP contribution in [0.5, 0.6) is 23.0 Å². The van der Waals surface area contributed by atoms with E-state index in [1.54, 1.807) is 7.11 Å². The minimum atomic E-state index is 0.0325. The van der Waals surface area contributed by atoms with Crippen LogP contribution >= 0.6 is 0 Å². The Hall–Kier alpha value is -2.36. The molecule has 1 N–H and O–H groups in total. The summed E-state index contributed by atoms with van der Waals surface area (Å²) in [5, 5.41) is 9.90. The van der Waals surface area contributed by atoms with Gasteiger partial charge < -0.3 is 19.3 Å². The lowest BCUT2D eigenvalue weighted by Gasteiger charge is -2.11. The van der Waals surface area contributed by atoms with E-state index in [1.807, 2.05) is 30.3 Å². The molecule has 0 saturated heterocycles. The van der Waals surface area contributed by atoms with Crippen molar-refractivity contribution in [2.24, 2.45) is 0 Å². The topological polar surface area (TPSA) is 47.9 Å². The van der Waals surface area contributed by atoms with E-state index in [1.165, 1.54) is 19.8 Å². The van der Waals surface area contributed by atoms with Gasteiger partial charge in [0.15, 0.2) is 11.5 Å². The van der Waals surface area contributed by atoms with E-state index in [0.717, 1.165) is 24.2 Å². The van der Waals surface area contributed by atoms with Crippen molar-refractivity contribution in [1.29, 1.82) is 0 Å². The normalized spacial score (nSPS) is 10.2. The number of aryl methyl sites for hydroxylation is 2. The standard InChI is InChI=1S/C17H20O4/c1-19-14-6-4-5-12(9-14)7-8-13-10-15(20-2)17(18)16(11-13)21-3/h4-6,9-11,18H,7-8H2,1-3H3. The Balaban J connectivity index is 2.15. The first-order valence-corrected chi connectivity index (χ1v) is 6.74. The van der Waals surface area contributed by atoms with Crippen molar-refractivity contribution in [3.05, 3.63) is 47.5 Å². The Labute approximate surface area is 124 Å². The second kappa shape index (κ2) is 6.88. The van der Waals surface area contributed by atoms with Crippen LogP contribution in [0.1, 0.15) is 11.1 Å². The van der Waals surface area contributed by atoms with Gasteiger partial charge in [-0.2, -0.15) is 0 Å². The van der Waals surface area contributed by atoms with Crippen LogP contribution in [-0.4, -0.2) is 26.4 Å². The summed E-state index contributed by atoms with van der Waals surface area (Å²) < 4.78 is 15.6. The zero-order valence-electron chi connectivity index (χ0n) is 12.6. The first kappa shape index (κ1) is 15.0. The van der Waals surface area contributed by atoms with Gasteiger partial charge in [0, 0.05) is 0 Å². The maximum absolute atomic E-state index is 9.90. The summed E-state index contributed by atoms with van der Waals surface area (Å²) >= 11 is 0. The number of phenolic OH excluding ortho intramolecular Hbond substituents is 1. The van der Waals surface area contributed by atoms with E-state index in [2.05, 4.69) is 6.07 Å². The third-order valence-electron chi connectivity index (χ3n) is 3.38. The zero-order chi connectivity index (χ0) is 15.2. The molecule has 0 saturated carbocycles. The molecule has 2 rings (SSSR count). The van der Waals surface area contributed by atoms with Gasteiger partial charge in [-0.05, 0) is 48.2 Å². The molecule has 0 aliphatic carbocycles. The van der Waals surface area contributed by atoms with Crippen molar-refractivity contribution in [2.45, 2.75) is 12.8 Å². The van der Waals surface area contributed by atoms with Crippen molar-refractivity contribution in [2.75, 3.05) is 21.3 Å². The Morgan fingerprint density at radius 1 is 0.810 bits per heavy atom. The van der Waals surface area contributed by atoms with Gasteiger partial charge in [0.1, 0.15) is 5.75 Å². The van der Waals surface area contributed by atoms with E-state index in [4.69, 9.17) is 14.2 Å². The fraction of sp³-hybridized carbons (Fsp3) is 0.294. The van der Waals surface area contributed by atoms with Crippen LogP contribution in [0, 0.1) is 0 Å². The van der Waals surface area contributed by atoms with E-state index in [-0.39, 0.29) is 5.75 Å². The summed E-state index contributed by atoms with van der Waals surface area (Å²) in [7, 11) is 4.72. The molecule has 0 aromatic heterocycles. The molecule has 0 aliphatic rings. The zero-order valence-corrected chi connectivity index (χ0v) is 12.6. The van der Waals surface area contributed by atoms with Gasteiger partial charge in [-0.15, -0.1) is 0 Å². The molecule has 0 amide bonds. The van der Waals surface area contributed by atoms with Gasteiger partial charge in [0.05, 0.1) is 21.3 Å². The van der Waals surface area contributed by atoms with Crippen LogP contribution in [-0.2, 0) is 12.8 Å². The molecule has 4 heteroatoms. The fourth-order valence-corrected chi connectivity index (χ4v) is 2.21. The summed E-state index contributed by atoms with van der Waals surface area (Å²) in [6, 6.07) is 11.7. The maximum atomic E-state index is 9.90. The second-order valence-electron chi connectivity index (χ2n) is 4.70. The fourth-order valence-electron chi connectivity index (χ4n) is 2.21. The minimum absolute atomic E-state index is 0.0325. The summed E-state index contributed by atoms with van der Waals surface area (Å²) in [4.78, 5) is 0. The van der Waals surface area contributed by atoms with Crippen LogP contribution in [0.15, 0.2) is 36.4 Å². The second-order valence-corrected chi connectivity index (χ2v) is 4.70. The SMILES string of the molecule is COc1cccc(CCc2cc(OC)c(O)c(OC)c2)c1. The molecular formula is C17H20O4. The van der Waals surface area contributed by atoms with Gasteiger partial charge in [0.25, 0.3) is 0 Å². The Bertz CT molecular complexity index is 582. The molecule has 0 heterocycles. The molecular weight excluding hydrogens is 268 g/mol. The third-order valence-corrected chi connectivity index (χ3v) is 3.38. The Kier molecular flexibility index (Phi) is 4.93. The highest BCUT2D eigenvalue weighted by Crippen LogP contribution is 2.37. The number of ether oxygens (including phenoxy) is 3. The molecule has 0 unspecified atom stereocenters. The lowest BCUT2D eigenvalue weighted by molar-refractivity contribution is 0.339. The van der Waals surface area contributed by atoms with Crippen molar-refractivity contribution >= 4 is 0 Å². The van der Waals surface area contributed by atoms with Crippen LogP contribution in [0.2, 0.25) is 0 Å². The van der Waals surface area contributed by atoms with E-state index in [9.17, 15) is 5.11 Å². The van der Waals surface area contributed by atoms with Crippen LogP contribution in [0.4, 0.5) is 0 Å².